The number of rotatable bonds is 6. The summed E-state index contributed by atoms with van der Waals surface area (Å²) in [6, 6.07) is 5.96. The van der Waals surface area contributed by atoms with Crippen molar-refractivity contribution >= 4 is 0 Å². The lowest BCUT2D eigenvalue weighted by molar-refractivity contribution is 0.280. The fourth-order valence-corrected chi connectivity index (χ4v) is 1.94. The van der Waals surface area contributed by atoms with Crippen molar-refractivity contribution in [2.75, 3.05) is 7.11 Å². The van der Waals surface area contributed by atoms with Crippen LogP contribution in [0.25, 0.3) is 0 Å². The molecule has 0 fully saturated rings. The van der Waals surface area contributed by atoms with Crippen LogP contribution in [0.4, 0.5) is 0 Å². The van der Waals surface area contributed by atoms with Gasteiger partial charge in [-0.15, -0.1) is 5.10 Å². The lowest BCUT2D eigenvalue weighted by Crippen LogP contribution is -2.17. The van der Waals surface area contributed by atoms with Crippen LogP contribution in [0.5, 0.6) is 11.5 Å². The van der Waals surface area contributed by atoms with Gasteiger partial charge >= 0.3 is 0 Å². The number of hydrogen-bond donors (Lipinski definition) is 1. The molecule has 1 heterocycles. The molecule has 0 bridgehead atoms. The van der Waals surface area contributed by atoms with Crippen LogP contribution < -0.4 is 15.2 Å². The number of nitrogens with zero attached hydrogens (tertiary/aromatic N) is 3. The summed E-state index contributed by atoms with van der Waals surface area (Å²) < 4.78 is 12.7. The van der Waals surface area contributed by atoms with Crippen molar-refractivity contribution in [2.24, 2.45) is 12.8 Å². The van der Waals surface area contributed by atoms with Crippen molar-refractivity contribution in [2.45, 2.75) is 26.0 Å². The van der Waals surface area contributed by atoms with E-state index in [1.54, 1.807) is 11.8 Å². The number of aromatic nitrogens is 3. The van der Waals surface area contributed by atoms with E-state index in [1.807, 2.05) is 38.4 Å². The summed E-state index contributed by atoms with van der Waals surface area (Å²) in [5.41, 5.74) is 7.70. The fraction of sp³-hybridized carbons (Fsp3) is 0.429. The average molecular weight is 276 g/mol. The topological polar surface area (TPSA) is 75.2 Å². The van der Waals surface area contributed by atoms with Crippen LogP contribution in [-0.4, -0.2) is 28.1 Å². The molecule has 1 atom stereocenters. The molecule has 0 spiro atoms. The molecule has 0 saturated carbocycles. The zero-order valence-electron chi connectivity index (χ0n) is 12.0. The van der Waals surface area contributed by atoms with Crippen LogP contribution in [-0.2, 0) is 20.1 Å². The van der Waals surface area contributed by atoms with Crippen molar-refractivity contribution in [3.8, 4) is 11.5 Å². The molecular weight excluding hydrogens is 256 g/mol. The number of benzene rings is 1. The molecule has 0 aliphatic rings. The Kier molecular flexibility index (Phi) is 4.57. The molecule has 2 N–H and O–H groups in total. The van der Waals surface area contributed by atoms with Crippen molar-refractivity contribution < 1.29 is 9.47 Å². The van der Waals surface area contributed by atoms with E-state index in [1.165, 1.54) is 0 Å². The van der Waals surface area contributed by atoms with Gasteiger partial charge in [0.1, 0.15) is 12.3 Å². The van der Waals surface area contributed by atoms with Crippen molar-refractivity contribution in [3.05, 3.63) is 35.7 Å². The number of nitrogens with two attached hydrogens (primary N) is 1. The first-order valence-electron chi connectivity index (χ1n) is 6.49. The highest BCUT2D eigenvalue weighted by atomic mass is 16.5. The molecule has 2 rings (SSSR count). The Morgan fingerprint density at radius 3 is 2.75 bits per heavy atom. The van der Waals surface area contributed by atoms with Gasteiger partial charge in [-0.2, -0.15) is 0 Å². The van der Waals surface area contributed by atoms with E-state index < -0.39 is 0 Å². The minimum Gasteiger partial charge on any atom is -0.493 e. The summed E-state index contributed by atoms with van der Waals surface area (Å²) in [6.07, 6.45) is 2.62. The Morgan fingerprint density at radius 2 is 2.15 bits per heavy atom. The standard InChI is InChI=1S/C14H20N4O2/c1-10(15)6-11-4-5-13(14(7-11)19-3)20-9-12-8-18(2)17-16-12/h4-5,7-8,10H,6,9,15H2,1-3H3. The van der Waals surface area contributed by atoms with Gasteiger partial charge < -0.3 is 15.2 Å². The van der Waals surface area contributed by atoms with Gasteiger partial charge in [-0.1, -0.05) is 11.3 Å². The highest BCUT2D eigenvalue weighted by Gasteiger charge is 2.08. The zero-order chi connectivity index (χ0) is 14.5. The molecule has 1 unspecified atom stereocenters. The summed E-state index contributed by atoms with van der Waals surface area (Å²) in [4.78, 5) is 0. The number of methoxy groups -OCH3 is 1. The number of aryl methyl sites for hydroxylation is 1. The van der Waals surface area contributed by atoms with E-state index in [4.69, 9.17) is 15.2 Å². The maximum atomic E-state index is 5.80. The van der Waals surface area contributed by atoms with Gasteiger partial charge in [0.2, 0.25) is 0 Å². The first kappa shape index (κ1) is 14.3. The molecule has 6 nitrogen and oxygen atoms in total. The maximum Gasteiger partial charge on any atom is 0.161 e. The van der Waals surface area contributed by atoms with Gasteiger partial charge in [-0.25, -0.2) is 0 Å². The molecule has 1 aromatic heterocycles. The molecule has 0 saturated heterocycles. The molecule has 20 heavy (non-hydrogen) atoms. The fourth-order valence-electron chi connectivity index (χ4n) is 1.94. The van der Waals surface area contributed by atoms with E-state index in [0.717, 1.165) is 17.7 Å². The highest BCUT2D eigenvalue weighted by Crippen LogP contribution is 2.29. The monoisotopic (exact) mass is 276 g/mol. The Morgan fingerprint density at radius 1 is 1.35 bits per heavy atom. The molecule has 0 radical (unpaired) electrons. The van der Waals surface area contributed by atoms with Gasteiger partial charge in [-0.05, 0) is 31.0 Å². The second-order valence-electron chi connectivity index (χ2n) is 4.84. The van der Waals surface area contributed by atoms with Gasteiger partial charge in [0, 0.05) is 13.1 Å². The van der Waals surface area contributed by atoms with Crippen molar-refractivity contribution in [1.29, 1.82) is 0 Å². The van der Waals surface area contributed by atoms with Crippen LogP contribution in [0.1, 0.15) is 18.2 Å². The van der Waals surface area contributed by atoms with Gasteiger partial charge in [-0.3, -0.25) is 4.68 Å². The number of ether oxygens (including phenoxy) is 2. The second-order valence-corrected chi connectivity index (χ2v) is 4.84. The second kappa shape index (κ2) is 6.38. The maximum absolute atomic E-state index is 5.80. The quantitative estimate of drug-likeness (QED) is 0.860. The molecule has 0 amide bonds. The Labute approximate surface area is 118 Å². The smallest absolute Gasteiger partial charge is 0.161 e. The zero-order valence-corrected chi connectivity index (χ0v) is 12.0. The Balaban J connectivity index is 2.07. The summed E-state index contributed by atoms with van der Waals surface area (Å²) >= 11 is 0. The van der Waals surface area contributed by atoms with Crippen LogP contribution in [0.15, 0.2) is 24.4 Å². The average Bonchev–Trinajstić information content (AvgIpc) is 2.82. The molecule has 0 aliphatic carbocycles. The third-order valence-corrected chi connectivity index (χ3v) is 2.81. The normalized spacial score (nSPS) is 12.2. The Bertz CT molecular complexity index is 566. The minimum absolute atomic E-state index is 0.117. The van der Waals surface area contributed by atoms with Crippen molar-refractivity contribution in [1.82, 2.24) is 15.0 Å². The lowest BCUT2D eigenvalue weighted by atomic mass is 10.1. The van der Waals surface area contributed by atoms with Crippen LogP contribution >= 0.6 is 0 Å². The molecular formula is C14H20N4O2. The lowest BCUT2D eigenvalue weighted by Gasteiger charge is -2.12. The van der Waals surface area contributed by atoms with E-state index in [9.17, 15) is 0 Å². The molecule has 0 aliphatic heterocycles. The first-order valence-corrected chi connectivity index (χ1v) is 6.49. The molecule has 1 aromatic carbocycles. The van der Waals surface area contributed by atoms with Gasteiger partial charge in [0.05, 0.1) is 13.3 Å². The predicted octanol–water partition coefficient (Wildman–Crippen LogP) is 1.29. The molecule has 6 heteroatoms. The largest absolute Gasteiger partial charge is 0.493 e. The summed E-state index contributed by atoms with van der Waals surface area (Å²) in [5, 5.41) is 7.83. The highest BCUT2D eigenvalue weighted by molar-refractivity contribution is 5.43. The predicted molar refractivity (Wildman–Crippen MR) is 75.7 cm³/mol. The third-order valence-electron chi connectivity index (χ3n) is 2.81. The van der Waals surface area contributed by atoms with Crippen LogP contribution in [0.3, 0.4) is 0 Å². The van der Waals surface area contributed by atoms with Crippen molar-refractivity contribution in [3.63, 3.8) is 0 Å². The molecule has 2 aromatic rings. The number of hydrogen-bond acceptors (Lipinski definition) is 5. The summed E-state index contributed by atoms with van der Waals surface area (Å²) in [5.74, 6) is 1.39. The molecule has 108 valence electrons. The first-order chi connectivity index (χ1) is 9.58. The van der Waals surface area contributed by atoms with Crippen LogP contribution in [0.2, 0.25) is 0 Å². The van der Waals surface area contributed by atoms with Gasteiger partial charge in [0.15, 0.2) is 11.5 Å². The van der Waals surface area contributed by atoms with Crippen LogP contribution in [0, 0.1) is 0 Å². The Hall–Kier alpha value is -2.08. The SMILES string of the molecule is COc1cc(CC(C)N)ccc1OCc1cn(C)nn1. The van der Waals surface area contributed by atoms with Gasteiger partial charge in [0.25, 0.3) is 0 Å². The summed E-state index contributed by atoms with van der Waals surface area (Å²) in [6.45, 7) is 2.34. The third kappa shape index (κ3) is 3.71. The minimum atomic E-state index is 0.117. The summed E-state index contributed by atoms with van der Waals surface area (Å²) in [7, 11) is 3.44. The van der Waals surface area contributed by atoms with E-state index >= 15 is 0 Å². The van der Waals surface area contributed by atoms with E-state index in [2.05, 4.69) is 10.3 Å². The van der Waals surface area contributed by atoms with E-state index in [-0.39, 0.29) is 6.04 Å². The van der Waals surface area contributed by atoms with E-state index in [0.29, 0.717) is 18.1 Å².